The van der Waals surface area contributed by atoms with Crippen molar-refractivity contribution in [1.82, 2.24) is 10.2 Å². The van der Waals surface area contributed by atoms with Crippen LogP contribution in [0.15, 0.2) is 48.5 Å². The molecule has 2 aromatic carbocycles. The first-order valence-corrected chi connectivity index (χ1v) is 11.7. The highest BCUT2D eigenvalue weighted by Crippen LogP contribution is 2.45. The summed E-state index contributed by atoms with van der Waals surface area (Å²) in [5.41, 5.74) is 2.24. The summed E-state index contributed by atoms with van der Waals surface area (Å²) in [6, 6.07) is 16.3. The number of carbonyl (C=O) groups is 1. The molecule has 4 rings (SSSR count). The van der Waals surface area contributed by atoms with E-state index in [9.17, 15) is 9.90 Å². The summed E-state index contributed by atoms with van der Waals surface area (Å²) < 4.78 is 11.1. The molecule has 1 aliphatic heterocycles. The molecule has 2 aliphatic rings. The molecule has 1 saturated carbocycles. The monoisotopic (exact) mass is 458 g/mol. The molecule has 0 aromatic heterocycles. The van der Waals surface area contributed by atoms with Crippen LogP contribution in [0.1, 0.15) is 18.1 Å². The molecule has 3 atom stereocenters. The maximum atomic E-state index is 11.2. The molecule has 2 unspecified atom stereocenters. The lowest BCUT2D eigenvalue weighted by molar-refractivity contribution is -0.149. The number of nitrogens with one attached hydrogen (secondary N) is 1. The number of aliphatic carboxylic acids is 1. The largest absolute Gasteiger partial charge is 0.492 e. The molecule has 0 bridgehead atoms. The molecule has 6 nitrogen and oxygen atoms in total. The molecular weight excluding hydrogens is 428 g/mol. The van der Waals surface area contributed by atoms with Gasteiger partial charge < -0.3 is 19.9 Å². The maximum Gasteiger partial charge on any atom is 0.333 e. The molecule has 1 aliphatic carbocycles. The van der Waals surface area contributed by atoms with E-state index >= 15 is 0 Å². The fourth-order valence-corrected chi connectivity index (χ4v) is 4.77. The van der Waals surface area contributed by atoms with Crippen LogP contribution in [-0.4, -0.2) is 61.0 Å². The minimum atomic E-state index is -0.934. The molecule has 2 N–H and O–H groups in total. The van der Waals surface area contributed by atoms with Gasteiger partial charge in [-0.05, 0) is 54.2 Å². The molecule has 0 spiro atoms. The topological polar surface area (TPSA) is 71.0 Å². The molecule has 1 heterocycles. The number of carboxylic acid groups (broad SMARTS) is 1. The summed E-state index contributed by atoms with van der Waals surface area (Å²) >= 11 is 5.97. The van der Waals surface area contributed by atoms with Crippen molar-refractivity contribution in [2.24, 2.45) is 11.8 Å². The number of hydrogen-bond donors (Lipinski definition) is 2. The van der Waals surface area contributed by atoms with Gasteiger partial charge in [-0.25, -0.2) is 4.79 Å². The molecule has 7 heteroatoms. The van der Waals surface area contributed by atoms with Crippen molar-refractivity contribution >= 4 is 17.6 Å². The van der Waals surface area contributed by atoms with Crippen molar-refractivity contribution in [3.63, 3.8) is 0 Å². The van der Waals surface area contributed by atoms with Crippen LogP contribution < -0.4 is 10.1 Å². The third-order valence-corrected chi connectivity index (χ3v) is 6.58. The van der Waals surface area contributed by atoms with Gasteiger partial charge in [-0.2, -0.15) is 0 Å². The van der Waals surface area contributed by atoms with Crippen LogP contribution in [0.4, 0.5) is 0 Å². The Labute approximate surface area is 194 Å². The summed E-state index contributed by atoms with van der Waals surface area (Å²) in [7, 11) is 0. The maximum absolute atomic E-state index is 11.2. The highest BCUT2D eigenvalue weighted by Gasteiger charge is 2.55. The first-order valence-electron chi connectivity index (χ1n) is 11.3. The number of ether oxygens (including phenoxy) is 2. The van der Waals surface area contributed by atoms with Crippen LogP contribution in [0.5, 0.6) is 5.75 Å². The summed E-state index contributed by atoms with van der Waals surface area (Å²) in [6.07, 6.45) is -0.458. The lowest BCUT2D eigenvalue weighted by atomic mass is 10.1. The van der Waals surface area contributed by atoms with Crippen molar-refractivity contribution < 1.29 is 19.4 Å². The van der Waals surface area contributed by atoms with E-state index in [1.54, 1.807) is 6.92 Å². The van der Waals surface area contributed by atoms with Gasteiger partial charge in [-0.15, -0.1) is 0 Å². The summed E-state index contributed by atoms with van der Waals surface area (Å²) in [5, 5.41) is 13.6. The summed E-state index contributed by atoms with van der Waals surface area (Å²) in [4.78, 5) is 13.7. The second-order valence-electron chi connectivity index (χ2n) is 8.61. The van der Waals surface area contributed by atoms with Gasteiger partial charge in [0.1, 0.15) is 12.4 Å². The molecule has 172 valence electrons. The molecule has 2 fully saturated rings. The van der Waals surface area contributed by atoms with Crippen LogP contribution in [0.2, 0.25) is 5.02 Å². The van der Waals surface area contributed by atoms with Gasteiger partial charge in [-0.3, -0.25) is 4.90 Å². The Hall–Kier alpha value is -2.12. The van der Waals surface area contributed by atoms with Crippen molar-refractivity contribution in [1.29, 1.82) is 0 Å². The highest BCUT2D eigenvalue weighted by atomic mass is 35.5. The van der Waals surface area contributed by atoms with E-state index in [0.717, 1.165) is 54.4 Å². The number of likely N-dealkylation sites (tertiary alicyclic amines) is 1. The average molecular weight is 459 g/mol. The zero-order valence-corrected chi connectivity index (χ0v) is 19.1. The fraction of sp³-hybridized carbons (Fsp3) is 0.480. The molecule has 0 amide bonds. The van der Waals surface area contributed by atoms with E-state index in [4.69, 9.17) is 21.1 Å². The van der Waals surface area contributed by atoms with Crippen molar-refractivity contribution in [3.05, 3.63) is 64.7 Å². The van der Waals surface area contributed by atoms with Crippen LogP contribution in [0.25, 0.3) is 0 Å². The average Bonchev–Trinajstić information content (AvgIpc) is 3.23. The van der Waals surface area contributed by atoms with Gasteiger partial charge in [-0.1, -0.05) is 35.9 Å². The fourth-order valence-electron chi connectivity index (χ4n) is 4.64. The van der Waals surface area contributed by atoms with E-state index in [2.05, 4.69) is 22.3 Å². The van der Waals surface area contributed by atoms with Crippen LogP contribution in [-0.2, 0) is 22.5 Å². The van der Waals surface area contributed by atoms with Crippen molar-refractivity contribution in [2.45, 2.75) is 32.0 Å². The van der Waals surface area contributed by atoms with Gasteiger partial charge in [0, 0.05) is 50.3 Å². The summed E-state index contributed by atoms with van der Waals surface area (Å²) in [6.45, 7) is 6.90. The molecule has 1 saturated heterocycles. The standard InChI is InChI=1S/C25H31ClN2O4/c1-2-31-23(25(29)30)13-17-5-9-20(10-6-17)32-12-11-27-24-21-15-28(16-22(21)24)14-18-3-7-19(26)8-4-18/h3-10,21-24,27H,2,11-16H2,1H3,(H,29,30)/t21?,22?,23-,24?/m1/s1. The molecule has 32 heavy (non-hydrogen) atoms. The number of halogens is 1. The Morgan fingerprint density at radius 1 is 1.12 bits per heavy atom. The number of fused-ring (bicyclic) bond motifs is 1. The molecule has 2 aromatic rings. The number of benzene rings is 2. The third-order valence-electron chi connectivity index (χ3n) is 6.33. The van der Waals surface area contributed by atoms with E-state index in [1.807, 2.05) is 36.4 Å². The predicted octanol–water partition coefficient (Wildman–Crippen LogP) is 3.47. The zero-order chi connectivity index (χ0) is 22.5. The Morgan fingerprint density at radius 3 is 2.41 bits per heavy atom. The number of carboxylic acids is 1. The van der Waals surface area contributed by atoms with Crippen molar-refractivity contribution in [2.75, 3.05) is 32.8 Å². The summed E-state index contributed by atoms with van der Waals surface area (Å²) in [5.74, 6) is 1.35. The number of rotatable bonds is 12. The van der Waals surface area contributed by atoms with Gasteiger partial charge in [0.25, 0.3) is 0 Å². The lowest BCUT2D eigenvalue weighted by Gasteiger charge is -2.20. The molecular formula is C25H31ClN2O4. The van der Waals surface area contributed by atoms with Crippen LogP contribution in [0.3, 0.4) is 0 Å². The van der Waals surface area contributed by atoms with E-state index in [0.29, 0.717) is 25.7 Å². The lowest BCUT2D eigenvalue weighted by Crippen LogP contribution is -2.33. The number of hydrogen-bond acceptors (Lipinski definition) is 5. The van der Waals surface area contributed by atoms with Gasteiger partial charge in [0.2, 0.25) is 0 Å². The highest BCUT2D eigenvalue weighted by molar-refractivity contribution is 6.30. The quantitative estimate of drug-likeness (QED) is 0.474. The van der Waals surface area contributed by atoms with E-state index < -0.39 is 12.1 Å². The second kappa shape index (κ2) is 10.7. The van der Waals surface area contributed by atoms with E-state index in [-0.39, 0.29) is 0 Å². The van der Waals surface area contributed by atoms with Crippen molar-refractivity contribution in [3.8, 4) is 5.75 Å². The van der Waals surface area contributed by atoms with Crippen LogP contribution >= 0.6 is 11.6 Å². The van der Waals surface area contributed by atoms with Gasteiger partial charge >= 0.3 is 5.97 Å². The Kier molecular flexibility index (Phi) is 7.68. The zero-order valence-electron chi connectivity index (χ0n) is 18.4. The van der Waals surface area contributed by atoms with Crippen LogP contribution in [0, 0.1) is 11.8 Å². The number of piperidine rings is 1. The SMILES string of the molecule is CCO[C@H](Cc1ccc(OCCNC2C3CN(Cc4ccc(Cl)cc4)CC32)cc1)C(=O)O. The molecule has 0 radical (unpaired) electrons. The second-order valence-corrected chi connectivity index (χ2v) is 9.04. The normalized spacial score (nSPS) is 23.0. The Morgan fingerprint density at radius 2 is 1.78 bits per heavy atom. The smallest absolute Gasteiger partial charge is 0.333 e. The minimum absolute atomic E-state index is 0.352. The third kappa shape index (κ3) is 6.01. The van der Waals surface area contributed by atoms with Gasteiger partial charge in [0.15, 0.2) is 6.10 Å². The number of nitrogens with zero attached hydrogens (tertiary/aromatic N) is 1. The Bertz CT molecular complexity index is 878. The van der Waals surface area contributed by atoms with E-state index in [1.165, 1.54) is 5.56 Å². The first-order chi connectivity index (χ1) is 15.5. The Balaban J connectivity index is 1.11. The van der Waals surface area contributed by atoms with Gasteiger partial charge in [0.05, 0.1) is 0 Å². The minimum Gasteiger partial charge on any atom is -0.492 e. The first kappa shape index (κ1) is 23.1. The predicted molar refractivity (Wildman–Crippen MR) is 124 cm³/mol.